The van der Waals surface area contributed by atoms with Gasteiger partial charge in [-0.3, -0.25) is 14.8 Å². The van der Waals surface area contributed by atoms with Crippen LogP contribution >= 0.6 is 11.3 Å². The Bertz CT molecular complexity index is 1080. The zero-order chi connectivity index (χ0) is 17.6. The molecular formula is C17H15N5O2S. The molecule has 4 rings (SSSR count). The smallest absolute Gasteiger partial charge is 0.258 e. The van der Waals surface area contributed by atoms with Gasteiger partial charge in [0.2, 0.25) is 0 Å². The van der Waals surface area contributed by atoms with Crippen LogP contribution in [-0.2, 0) is 7.05 Å². The number of thiazole rings is 1. The van der Waals surface area contributed by atoms with Gasteiger partial charge in [0.1, 0.15) is 5.69 Å². The van der Waals surface area contributed by atoms with Crippen LogP contribution in [0.2, 0.25) is 0 Å². The summed E-state index contributed by atoms with van der Waals surface area (Å²) in [7, 11) is 1.81. The molecule has 0 atom stereocenters. The van der Waals surface area contributed by atoms with Crippen molar-refractivity contribution in [1.29, 1.82) is 0 Å². The van der Waals surface area contributed by atoms with Crippen LogP contribution in [0.1, 0.15) is 21.7 Å². The Hall–Kier alpha value is -3.00. The van der Waals surface area contributed by atoms with Crippen LogP contribution < -0.4 is 5.32 Å². The van der Waals surface area contributed by atoms with Gasteiger partial charge in [-0.15, -0.1) is 11.3 Å². The average molecular weight is 353 g/mol. The van der Waals surface area contributed by atoms with Crippen LogP contribution in [0.3, 0.4) is 0 Å². The molecule has 4 aromatic rings. The lowest BCUT2D eigenvalue weighted by Crippen LogP contribution is -2.13. The van der Waals surface area contributed by atoms with Crippen molar-refractivity contribution in [2.24, 2.45) is 7.05 Å². The number of anilines is 1. The zero-order valence-corrected chi connectivity index (χ0v) is 14.7. The summed E-state index contributed by atoms with van der Waals surface area (Å²) in [5, 5.41) is 10.4. The molecule has 0 saturated carbocycles. The quantitative estimate of drug-likeness (QED) is 0.609. The van der Waals surface area contributed by atoms with Gasteiger partial charge in [-0.1, -0.05) is 0 Å². The first-order valence-electron chi connectivity index (χ1n) is 7.64. The third kappa shape index (κ3) is 2.70. The Morgan fingerprint density at radius 1 is 1.32 bits per heavy atom. The monoisotopic (exact) mass is 353 g/mol. The van der Waals surface area contributed by atoms with Gasteiger partial charge in [0, 0.05) is 12.4 Å². The Kier molecular flexibility index (Phi) is 3.61. The predicted octanol–water partition coefficient (Wildman–Crippen LogP) is 3.55. The number of aryl methyl sites for hydroxylation is 3. The molecule has 0 bridgehead atoms. The molecule has 1 N–H and O–H groups in total. The molecule has 0 aromatic carbocycles. The standard InChI is InChI=1S/C17H15N5O2S/c1-9-8-25-17(18-9)20-16(23)11-7-12(13-5-4-6-24-13)19-15-14(11)10(2)21-22(15)3/h4-8H,1-3H3,(H,18,20,23). The molecule has 0 fully saturated rings. The number of carbonyl (C=O) groups is 1. The fourth-order valence-electron chi connectivity index (χ4n) is 2.75. The first-order valence-corrected chi connectivity index (χ1v) is 8.52. The van der Waals surface area contributed by atoms with E-state index in [0.29, 0.717) is 27.8 Å². The summed E-state index contributed by atoms with van der Waals surface area (Å²) in [6.07, 6.45) is 1.58. The van der Waals surface area contributed by atoms with E-state index in [1.165, 1.54) is 11.3 Å². The first-order chi connectivity index (χ1) is 12.0. The highest BCUT2D eigenvalue weighted by Crippen LogP contribution is 2.28. The van der Waals surface area contributed by atoms with Crippen LogP contribution in [0.4, 0.5) is 5.13 Å². The number of fused-ring (bicyclic) bond motifs is 1. The number of rotatable bonds is 3. The van der Waals surface area contributed by atoms with Crippen LogP contribution in [-0.4, -0.2) is 25.7 Å². The number of hydrogen-bond donors (Lipinski definition) is 1. The van der Waals surface area contributed by atoms with E-state index in [1.54, 1.807) is 30.1 Å². The maximum absolute atomic E-state index is 12.9. The lowest BCUT2D eigenvalue weighted by Gasteiger charge is -2.06. The van der Waals surface area contributed by atoms with Crippen LogP contribution in [0.25, 0.3) is 22.5 Å². The first kappa shape index (κ1) is 15.5. The number of carbonyl (C=O) groups excluding carboxylic acids is 1. The molecule has 0 radical (unpaired) electrons. The van der Waals surface area contributed by atoms with Crippen molar-refractivity contribution in [2.75, 3.05) is 5.32 Å². The van der Waals surface area contributed by atoms with E-state index in [2.05, 4.69) is 20.4 Å². The third-order valence-electron chi connectivity index (χ3n) is 3.83. The van der Waals surface area contributed by atoms with E-state index in [-0.39, 0.29) is 5.91 Å². The van der Waals surface area contributed by atoms with Gasteiger partial charge < -0.3 is 4.42 Å². The Morgan fingerprint density at radius 3 is 2.84 bits per heavy atom. The molecule has 0 saturated heterocycles. The van der Waals surface area contributed by atoms with Crippen molar-refractivity contribution in [3.05, 3.63) is 46.8 Å². The lowest BCUT2D eigenvalue weighted by atomic mass is 10.1. The number of furan rings is 1. The minimum Gasteiger partial charge on any atom is -0.463 e. The largest absolute Gasteiger partial charge is 0.463 e. The molecule has 0 spiro atoms. The van der Waals surface area contributed by atoms with Crippen molar-refractivity contribution in [2.45, 2.75) is 13.8 Å². The molecule has 0 aliphatic carbocycles. The summed E-state index contributed by atoms with van der Waals surface area (Å²) in [5.41, 5.74) is 3.33. The van der Waals surface area contributed by atoms with E-state index in [1.807, 2.05) is 25.3 Å². The number of hydrogen-bond acceptors (Lipinski definition) is 6. The van der Waals surface area contributed by atoms with Crippen LogP contribution in [0, 0.1) is 13.8 Å². The lowest BCUT2D eigenvalue weighted by molar-refractivity contribution is 0.102. The van der Waals surface area contributed by atoms with Crippen LogP contribution in [0.5, 0.6) is 0 Å². The third-order valence-corrected chi connectivity index (χ3v) is 4.70. The Morgan fingerprint density at radius 2 is 2.16 bits per heavy atom. The molecular weight excluding hydrogens is 338 g/mol. The maximum atomic E-state index is 12.9. The van der Waals surface area contributed by atoms with Crippen molar-refractivity contribution in [1.82, 2.24) is 19.7 Å². The van der Waals surface area contributed by atoms with Crippen molar-refractivity contribution in [3.8, 4) is 11.5 Å². The summed E-state index contributed by atoms with van der Waals surface area (Å²) in [5.74, 6) is 0.352. The van der Waals surface area contributed by atoms with Crippen molar-refractivity contribution >= 4 is 33.4 Å². The van der Waals surface area contributed by atoms with E-state index in [0.717, 1.165) is 16.8 Å². The molecule has 0 aliphatic heterocycles. The fraction of sp³-hybridized carbons (Fsp3) is 0.176. The summed E-state index contributed by atoms with van der Waals surface area (Å²) in [6.45, 7) is 3.75. The molecule has 7 nitrogen and oxygen atoms in total. The van der Waals surface area contributed by atoms with Crippen LogP contribution in [0.15, 0.2) is 34.3 Å². The van der Waals surface area contributed by atoms with Crippen molar-refractivity contribution in [3.63, 3.8) is 0 Å². The summed E-state index contributed by atoms with van der Waals surface area (Å²) < 4.78 is 7.11. The number of pyridine rings is 1. The highest BCUT2D eigenvalue weighted by atomic mass is 32.1. The topological polar surface area (TPSA) is 85.8 Å². The van der Waals surface area contributed by atoms with Gasteiger partial charge >= 0.3 is 0 Å². The highest BCUT2D eigenvalue weighted by Gasteiger charge is 2.20. The van der Waals surface area contributed by atoms with Gasteiger partial charge in [0.05, 0.1) is 28.6 Å². The van der Waals surface area contributed by atoms with Gasteiger partial charge in [0.15, 0.2) is 16.5 Å². The maximum Gasteiger partial charge on any atom is 0.258 e. The SMILES string of the molecule is Cc1csc(NC(=O)c2cc(-c3ccco3)nc3c2c(C)nn3C)n1. The molecule has 1 amide bonds. The predicted molar refractivity (Wildman–Crippen MR) is 95.8 cm³/mol. The number of nitrogens with zero attached hydrogens (tertiary/aromatic N) is 4. The number of nitrogens with one attached hydrogen (secondary N) is 1. The summed E-state index contributed by atoms with van der Waals surface area (Å²) in [6, 6.07) is 5.32. The molecule has 4 aromatic heterocycles. The van der Waals surface area contributed by atoms with E-state index >= 15 is 0 Å². The zero-order valence-electron chi connectivity index (χ0n) is 13.9. The van der Waals surface area contributed by atoms with Gasteiger partial charge in [-0.2, -0.15) is 5.10 Å². The molecule has 0 aliphatic rings. The van der Waals surface area contributed by atoms with E-state index in [4.69, 9.17) is 4.42 Å². The second kappa shape index (κ2) is 5.82. The minimum atomic E-state index is -0.245. The normalized spacial score (nSPS) is 11.2. The fourth-order valence-corrected chi connectivity index (χ4v) is 3.43. The average Bonchev–Trinajstić information content (AvgIpc) is 3.30. The molecule has 0 unspecified atom stereocenters. The highest BCUT2D eigenvalue weighted by molar-refractivity contribution is 7.13. The van der Waals surface area contributed by atoms with Crippen molar-refractivity contribution < 1.29 is 9.21 Å². The summed E-state index contributed by atoms with van der Waals surface area (Å²) in [4.78, 5) is 21.8. The van der Waals surface area contributed by atoms with Gasteiger partial charge in [0.25, 0.3) is 5.91 Å². The molecule has 8 heteroatoms. The summed E-state index contributed by atoms with van der Waals surface area (Å²) >= 11 is 1.39. The van der Waals surface area contributed by atoms with Gasteiger partial charge in [-0.05, 0) is 32.0 Å². The Labute approximate surface area is 147 Å². The second-order valence-electron chi connectivity index (χ2n) is 5.69. The minimum absolute atomic E-state index is 0.245. The molecule has 4 heterocycles. The molecule has 25 heavy (non-hydrogen) atoms. The number of amides is 1. The number of aromatic nitrogens is 4. The second-order valence-corrected chi connectivity index (χ2v) is 6.55. The molecule has 126 valence electrons. The van der Waals surface area contributed by atoms with Gasteiger partial charge in [-0.25, -0.2) is 9.97 Å². The Balaban J connectivity index is 1.87. The van der Waals surface area contributed by atoms with E-state index < -0.39 is 0 Å². The van der Waals surface area contributed by atoms with E-state index in [9.17, 15) is 4.79 Å².